The Balaban J connectivity index is 1.61. The first kappa shape index (κ1) is 17.3. The molecule has 22 heavy (non-hydrogen) atoms. The zero-order valence-electron chi connectivity index (χ0n) is 14.1. The van der Waals surface area contributed by atoms with Crippen LogP contribution in [0.2, 0.25) is 0 Å². The van der Waals surface area contributed by atoms with E-state index in [1.165, 1.54) is 32.1 Å². The molecule has 0 radical (unpaired) electrons. The van der Waals surface area contributed by atoms with E-state index in [0.717, 1.165) is 19.3 Å². The van der Waals surface area contributed by atoms with Crippen molar-refractivity contribution in [2.45, 2.75) is 77.7 Å². The fourth-order valence-electron chi connectivity index (χ4n) is 3.87. The summed E-state index contributed by atoms with van der Waals surface area (Å²) in [6, 6.07) is 0.230. The van der Waals surface area contributed by atoms with Crippen molar-refractivity contribution in [2.24, 2.45) is 17.8 Å². The molecule has 2 aliphatic rings. The highest BCUT2D eigenvalue weighted by atomic mass is 16.5. The largest absolute Gasteiger partial charge is 0.456 e. The van der Waals surface area contributed by atoms with Crippen molar-refractivity contribution in [3.8, 4) is 0 Å². The number of ether oxygens (including phenoxy) is 1. The Labute approximate surface area is 134 Å². The number of esters is 1. The lowest BCUT2D eigenvalue weighted by Crippen LogP contribution is -2.45. The lowest BCUT2D eigenvalue weighted by molar-refractivity contribution is -0.149. The lowest BCUT2D eigenvalue weighted by Gasteiger charge is -2.34. The Hall–Kier alpha value is -1.06. The molecule has 4 nitrogen and oxygen atoms in total. The highest BCUT2D eigenvalue weighted by Gasteiger charge is 2.28. The molecule has 4 heteroatoms. The number of carbonyl (C=O) groups excluding carboxylic acids is 2. The van der Waals surface area contributed by atoms with Gasteiger partial charge >= 0.3 is 5.97 Å². The van der Waals surface area contributed by atoms with Crippen molar-refractivity contribution in [2.75, 3.05) is 6.61 Å². The van der Waals surface area contributed by atoms with Gasteiger partial charge in [-0.25, -0.2) is 0 Å². The number of nitrogens with one attached hydrogen (secondary N) is 1. The minimum Gasteiger partial charge on any atom is -0.456 e. The molecule has 0 aromatic carbocycles. The van der Waals surface area contributed by atoms with Crippen LogP contribution in [0.1, 0.15) is 71.6 Å². The van der Waals surface area contributed by atoms with Crippen molar-refractivity contribution in [1.82, 2.24) is 5.32 Å². The maximum atomic E-state index is 11.9. The van der Waals surface area contributed by atoms with Gasteiger partial charge in [0.1, 0.15) is 0 Å². The van der Waals surface area contributed by atoms with Crippen LogP contribution >= 0.6 is 0 Å². The second kappa shape index (κ2) is 8.54. The normalized spacial score (nSPS) is 29.3. The SMILES string of the molecule is C[C@H]1[C@H](C)CCC[C@H]1NC(=O)COC(=O)CCC1CCCC1. The fraction of sp³-hybridized carbons (Fsp3) is 0.889. The molecule has 2 saturated carbocycles. The summed E-state index contributed by atoms with van der Waals surface area (Å²) >= 11 is 0. The highest BCUT2D eigenvalue weighted by Crippen LogP contribution is 2.29. The Morgan fingerprint density at radius 3 is 2.50 bits per heavy atom. The second-order valence-electron chi connectivity index (χ2n) is 7.29. The fourth-order valence-corrected chi connectivity index (χ4v) is 3.87. The predicted octanol–water partition coefficient (Wildman–Crippen LogP) is 3.44. The van der Waals surface area contributed by atoms with Crippen LogP contribution < -0.4 is 5.32 Å². The molecule has 0 aromatic heterocycles. The van der Waals surface area contributed by atoms with E-state index < -0.39 is 0 Å². The van der Waals surface area contributed by atoms with Gasteiger partial charge in [-0.15, -0.1) is 0 Å². The van der Waals surface area contributed by atoms with Crippen molar-refractivity contribution in [3.05, 3.63) is 0 Å². The molecule has 0 bridgehead atoms. The Bertz CT molecular complexity index is 377. The standard InChI is InChI=1S/C18H31NO3/c1-13-6-5-9-16(14(13)2)19-17(20)12-22-18(21)11-10-15-7-3-4-8-15/h13-16H,3-12H2,1-2H3,(H,19,20)/t13-,14+,16-/m1/s1. The van der Waals surface area contributed by atoms with Gasteiger partial charge in [0.15, 0.2) is 6.61 Å². The van der Waals surface area contributed by atoms with E-state index in [0.29, 0.717) is 24.2 Å². The average molecular weight is 309 g/mol. The van der Waals surface area contributed by atoms with Gasteiger partial charge in [-0.3, -0.25) is 9.59 Å². The molecule has 3 atom stereocenters. The van der Waals surface area contributed by atoms with E-state index in [9.17, 15) is 9.59 Å². The number of hydrogen-bond acceptors (Lipinski definition) is 3. The van der Waals surface area contributed by atoms with Crippen LogP contribution in [0.15, 0.2) is 0 Å². The molecular formula is C18H31NO3. The second-order valence-corrected chi connectivity index (χ2v) is 7.29. The number of rotatable bonds is 6. The van der Waals surface area contributed by atoms with Gasteiger partial charge < -0.3 is 10.1 Å². The van der Waals surface area contributed by atoms with E-state index >= 15 is 0 Å². The summed E-state index contributed by atoms with van der Waals surface area (Å²) in [4.78, 5) is 23.7. The number of carbonyl (C=O) groups is 2. The summed E-state index contributed by atoms with van der Waals surface area (Å²) in [5.41, 5.74) is 0. The summed E-state index contributed by atoms with van der Waals surface area (Å²) in [5.74, 6) is 1.45. The first-order valence-corrected chi connectivity index (χ1v) is 9.01. The maximum absolute atomic E-state index is 11.9. The van der Waals surface area contributed by atoms with E-state index in [1.807, 2.05) is 0 Å². The molecule has 1 amide bonds. The first-order valence-electron chi connectivity index (χ1n) is 9.01. The predicted molar refractivity (Wildman–Crippen MR) is 86.3 cm³/mol. The highest BCUT2D eigenvalue weighted by molar-refractivity contribution is 5.80. The summed E-state index contributed by atoms with van der Waals surface area (Å²) in [6.45, 7) is 4.31. The van der Waals surface area contributed by atoms with Crippen molar-refractivity contribution < 1.29 is 14.3 Å². The molecule has 0 unspecified atom stereocenters. The minimum absolute atomic E-state index is 0.124. The molecule has 0 heterocycles. The lowest BCUT2D eigenvalue weighted by atomic mass is 9.78. The Kier molecular flexibility index (Phi) is 6.71. The number of amides is 1. The summed E-state index contributed by atoms with van der Waals surface area (Å²) < 4.78 is 5.12. The molecule has 0 aliphatic heterocycles. The first-order chi connectivity index (χ1) is 10.6. The van der Waals surface area contributed by atoms with Gasteiger partial charge in [-0.05, 0) is 30.6 Å². The van der Waals surface area contributed by atoms with Crippen LogP contribution in [0.3, 0.4) is 0 Å². The molecule has 0 spiro atoms. The molecular weight excluding hydrogens is 278 g/mol. The summed E-state index contributed by atoms with van der Waals surface area (Å²) in [6.07, 6.45) is 9.87. The minimum atomic E-state index is -0.230. The maximum Gasteiger partial charge on any atom is 0.306 e. The smallest absolute Gasteiger partial charge is 0.306 e. The third-order valence-electron chi connectivity index (χ3n) is 5.65. The van der Waals surface area contributed by atoms with Gasteiger partial charge in [0.2, 0.25) is 0 Å². The molecule has 2 aliphatic carbocycles. The molecule has 0 aromatic rings. The zero-order valence-corrected chi connectivity index (χ0v) is 14.1. The van der Waals surface area contributed by atoms with E-state index in [4.69, 9.17) is 4.74 Å². The van der Waals surface area contributed by atoms with Crippen molar-refractivity contribution in [3.63, 3.8) is 0 Å². The Morgan fingerprint density at radius 2 is 1.77 bits per heavy atom. The third kappa shape index (κ3) is 5.29. The summed E-state index contributed by atoms with van der Waals surface area (Å²) in [5, 5.41) is 3.04. The van der Waals surface area contributed by atoms with Gasteiger partial charge in [-0.1, -0.05) is 52.4 Å². The monoisotopic (exact) mass is 309 g/mol. The van der Waals surface area contributed by atoms with Crippen LogP contribution in [0.4, 0.5) is 0 Å². The average Bonchev–Trinajstić information content (AvgIpc) is 3.01. The summed E-state index contributed by atoms with van der Waals surface area (Å²) in [7, 11) is 0. The van der Waals surface area contributed by atoms with Crippen LogP contribution in [0.5, 0.6) is 0 Å². The third-order valence-corrected chi connectivity index (χ3v) is 5.65. The quantitative estimate of drug-likeness (QED) is 0.765. The van der Waals surface area contributed by atoms with Crippen LogP contribution in [0, 0.1) is 17.8 Å². The van der Waals surface area contributed by atoms with E-state index in [-0.39, 0.29) is 24.5 Å². The van der Waals surface area contributed by atoms with Crippen LogP contribution in [0.25, 0.3) is 0 Å². The van der Waals surface area contributed by atoms with Gasteiger partial charge in [0.05, 0.1) is 0 Å². The Morgan fingerprint density at radius 1 is 1.05 bits per heavy atom. The zero-order chi connectivity index (χ0) is 15.9. The van der Waals surface area contributed by atoms with Crippen LogP contribution in [-0.2, 0) is 14.3 Å². The number of hydrogen-bond donors (Lipinski definition) is 1. The van der Waals surface area contributed by atoms with Gasteiger partial charge in [0.25, 0.3) is 5.91 Å². The van der Waals surface area contributed by atoms with Crippen molar-refractivity contribution >= 4 is 11.9 Å². The van der Waals surface area contributed by atoms with Crippen LogP contribution in [-0.4, -0.2) is 24.5 Å². The molecule has 1 N–H and O–H groups in total. The van der Waals surface area contributed by atoms with Gasteiger partial charge in [0, 0.05) is 12.5 Å². The van der Waals surface area contributed by atoms with E-state index in [1.54, 1.807) is 0 Å². The molecule has 2 rings (SSSR count). The molecule has 126 valence electrons. The molecule has 2 fully saturated rings. The van der Waals surface area contributed by atoms with E-state index in [2.05, 4.69) is 19.2 Å². The molecule has 0 saturated heterocycles. The topological polar surface area (TPSA) is 55.4 Å². The van der Waals surface area contributed by atoms with Crippen molar-refractivity contribution in [1.29, 1.82) is 0 Å². The van der Waals surface area contributed by atoms with Gasteiger partial charge in [-0.2, -0.15) is 0 Å².